The van der Waals surface area contributed by atoms with Crippen LogP contribution >= 0.6 is 0 Å². The monoisotopic (exact) mass is 325 g/mol. The van der Waals surface area contributed by atoms with Crippen molar-refractivity contribution < 1.29 is 22.7 Å². The van der Waals surface area contributed by atoms with Crippen LogP contribution < -0.4 is 14.8 Å². The van der Waals surface area contributed by atoms with Gasteiger partial charge in [-0.25, -0.2) is 18.2 Å². The normalized spacial score (nSPS) is 18.5. The van der Waals surface area contributed by atoms with E-state index in [1.54, 1.807) is 25.1 Å². The van der Waals surface area contributed by atoms with E-state index in [2.05, 4.69) is 9.71 Å². The lowest BCUT2D eigenvalue weighted by Crippen LogP contribution is -2.51. The number of nitrogens with zero attached hydrogens (tertiary/aromatic N) is 1. The number of rotatable bonds is 4. The molecule has 0 saturated carbocycles. The van der Waals surface area contributed by atoms with Crippen molar-refractivity contribution in [2.24, 2.45) is 4.99 Å². The molecule has 1 aromatic carbocycles. The van der Waals surface area contributed by atoms with Gasteiger partial charge in [0.25, 0.3) is 5.91 Å². The Morgan fingerprint density at radius 3 is 2.55 bits per heavy atom. The first-order chi connectivity index (χ1) is 10.2. The van der Waals surface area contributed by atoms with Crippen LogP contribution in [-0.4, -0.2) is 38.4 Å². The fourth-order valence-corrected chi connectivity index (χ4v) is 3.51. The van der Waals surface area contributed by atoms with Gasteiger partial charge in [-0.3, -0.25) is 14.8 Å². The van der Waals surface area contributed by atoms with Gasteiger partial charge in [-0.1, -0.05) is 6.07 Å². The van der Waals surface area contributed by atoms with Gasteiger partial charge in [0.05, 0.1) is 18.5 Å². The maximum atomic E-state index is 12.4. The van der Waals surface area contributed by atoms with E-state index in [9.17, 15) is 18.0 Å². The molecule has 22 heavy (non-hydrogen) atoms. The number of amides is 3. The molecule has 1 atom stereocenters. The highest BCUT2D eigenvalue weighted by molar-refractivity contribution is 7.94. The third-order valence-corrected chi connectivity index (χ3v) is 4.72. The van der Waals surface area contributed by atoms with E-state index in [0.29, 0.717) is 5.75 Å². The van der Waals surface area contributed by atoms with E-state index in [-0.39, 0.29) is 11.4 Å². The second-order valence-electron chi connectivity index (χ2n) is 4.78. The minimum absolute atomic E-state index is 0.0899. The summed E-state index contributed by atoms with van der Waals surface area (Å²) in [6.45, 7) is 3.10. The molecule has 0 bridgehead atoms. The maximum absolute atomic E-state index is 12.4. The molecular weight excluding hydrogens is 310 g/mol. The van der Waals surface area contributed by atoms with Gasteiger partial charge in [0, 0.05) is 0 Å². The molecule has 1 aliphatic rings. The number of nitrogens with one attached hydrogen (secondary N) is 2. The van der Waals surface area contributed by atoms with Crippen molar-refractivity contribution in [3.8, 4) is 5.75 Å². The Morgan fingerprint density at radius 1 is 1.27 bits per heavy atom. The van der Waals surface area contributed by atoms with E-state index in [1.807, 2.05) is 5.32 Å². The van der Waals surface area contributed by atoms with Crippen LogP contribution in [0.1, 0.15) is 12.5 Å². The minimum Gasteiger partial charge on any atom is -0.495 e. The summed E-state index contributed by atoms with van der Waals surface area (Å²) in [6, 6.07) is 4.07. The summed E-state index contributed by atoms with van der Waals surface area (Å²) in [5, 5.41) is 0.302. The SMILES string of the molecule is COc1ccc(C)cc1NS(=O)(=O)C1C(=O)NC(=O)N=C1C. The number of aryl methyl sites for hydroxylation is 1. The van der Waals surface area contributed by atoms with E-state index in [4.69, 9.17) is 4.74 Å². The molecule has 2 rings (SSSR count). The standard InChI is InChI=1S/C13H15N3O5S/c1-7-4-5-10(21-3)9(6-7)16-22(19,20)11-8(2)14-13(18)15-12(11)17/h4-6,11,16H,1-3H3,(H,15,17,18). The molecule has 1 aliphatic heterocycles. The van der Waals surface area contributed by atoms with Crippen LogP contribution in [0.3, 0.4) is 0 Å². The van der Waals surface area contributed by atoms with Gasteiger partial charge in [-0.05, 0) is 31.5 Å². The van der Waals surface area contributed by atoms with Gasteiger partial charge in [0.1, 0.15) is 5.75 Å². The Morgan fingerprint density at radius 2 is 1.95 bits per heavy atom. The molecule has 0 saturated heterocycles. The third kappa shape index (κ3) is 3.08. The lowest BCUT2D eigenvalue weighted by molar-refractivity contribution is -0.118. The van der Waals surface area contributed by atoms with Crippen LogP contribution in [-0.2, 0) is 14.8 Å². The molecule has 2 N–H and O–H groups in total. The number of hydrogen-bond acceptors (Lipinski definition) is 5. The molecule has 8 nitrogen and oxygen atoms in total. The number of anilines is 1. The Hall–Kier alpha value is -2.42. The molecule has 1 heterocycles. The van der Waals surface area contributed by atoms with Crippen molar-refractivity contribution in [2.45, 2.75) is 19.1 Å². The van der Waals surface area contributed by atoms with Crippen molar-refractivity contribution in [3.63, 3.8) is 0 Å². The van der Waals surface area contributed by atoms with Gasteiger partial charge < -0.3 is 4.74 Å². The van der Waals surface area contributed by atoms with E-state index in [1.165, 1.54) is 14.0 Å². The van der Waals surface area contributed by atoms with Crippen LogP contribution in [0.5, 0.6) is 5.75 Å². The van der Waals surface area contributed by atoms with E-state index >= 15 is 0 Å². The molecule has 0 radical (unpaired) electrons. The highest BCUT2D eigenvalue weighted by Gasteiger charge is 2.39. The summed E-state index contributed by atoms with van der Waals surface area (Å²) < 4.78 is 32.3. The summed E-state index contributed by atoms with van der Waals surface area (Å²) in [5.74, 6) is -0.618. The predicted octanol–water partition coefficient (Wildman–Crippen LogP) is 0.825. The van der Waals surface area contributed by atoms with Gasteiger partial charge in [0.2, 0.25) is 10.0 Å². The number of imide groups is 1. The third-order valence-electron chi connectivity index (χ3n) is 3.04. The van der Waals surface area contributed by atoms with Crippen LogP contribution in [0.25, 0.3) is 0 Å². The van der Waals surface area contributed by atoms with Gasteiger partial charge in [0.15, 0.2) is 5.25 Å². The second-order valence-corrected chi connectivity index (χ2v) is 6.54. The summed E-state index contributed by atoms with van der Waals surface area (Å²) in [5.41, 5.74) is 0.931. The first-order valence-corrected chi connectivity index (χ1v) is 7.85. The first-order valence-electron chi connectivity index (χ1n) is 6.31. The molecule has 0 aliphatic carbocycles. The van der Waals surface area contributed by atoms with E-state index < -0.39 is 27.2 Å². The molecular formula is C13H15N3O5S. The molecule has 3 amide bonds. The van der Waals surface area contributed by atoms with Gasteiger partial charge in [-0.15, -0.1) is 0 Å². The Balaban J connectivity index is 2.40. The number of benzene rings is 1. The Bertz CT molecular complexity index is 770. The number of methoxy groups -OCH3 is 1. The predicted molar refractivity (Wildman–Crippen MR) is 80.7 cm³/mol. The van der Waals surface area contributed by atoms with E-state index in [0.717, 1.165) is 5.56 Å². The molecule has 118 valence electrons. The fraction of sp³-hybridized carbons (Fsp3) is 0.308. The number of aliphatic imine (C=N–C) groups is 1. The van der Waals surface area contributed by atoms with Crippen LogP contribution in [0.15, 0.2) is 23.2 Å². The summed E-state index contributed by atoms with van der Waals surface area (Å²) in [6.07, 6.45) is 0. The largest absolute Gasteiger partial charge is 0.495 e. The molecule has 1 aromatic rings. The minimum atomic E-state index is -4.13. The first kappa shape index (κ1) is 16.0. The van der Waals surface area contributed by atoms with Crippen molar-refractivity contribution in [1.82, 2.24) is 5.32 Å². The quantitative estimate of drug-likeness (QED) is 0.851. The summed E-state index contributed by atoms with van der Waals surface area (Å²) in [7, 11) is -2.73. The van der Waals surface area contributed by atoms with Crippen LogP contribution in [0.2, 0.25) is 0 Å². The zero-order valence-electron chi connectivity index (χ0n) is 12.2. The second kappa shape index (κ2) is 5.76. The smallest absolute Gasteiger partial charge is 0.347 e. The van der Waals surface area contributed by atoms with Crippen molar-refractivity contribution in [2.75, 3.05) is 11.8 Å². The molecule has 0 fully saturated rings. The number of carbonyl (C=O) groups is 2. The summed E-state index contributed by atoms with van der Waals surface area (Å²) >= 11 is 0. The fourth-order valence-electron chi connectivity index (χ4n) is 2.09. The zero-order valence-corrected chi connectivity index (χ0v) is 13.0. The molecule has 9 heteroatoms. The molecule has 0 spiro atoms. The van der Waals surface area contributed by atoms with Gasteiger partial charge >= 0.3 is 6.03 Å². The van der Waals surface area contributed by atoms with Crippen LogP contribution in [0, 0.1) is 6.92 Å². The number of hydrogen-bond donors (Lipinski definition) is 2. The average molecular weight is 325 g/mol. The Labute approximate surface area is 127 Å². The lowest BCUT2D eigenvalue weighted by Gasteiger charge is -2.21. The molecule has 1 unspecified atom stereocenters. The lowest BCUT2D eigenvalue weighted by atomic mass is 10.2. The van der Waals surface area contributed by atoms with Crippen molar-refractivity contribution in [3.05, 3.63) is 23.8 Å². The molecule has 0 aromatic heterocycles. The summed E-state index contributed by atoms with van der Waals surface area (Å²) in [4.78, 5) is 26.4. The highest BCUT2D eigenvalue weighted by Crippen LogP contribution is 2.27. The number of urea groups is 1. The van der Waals surface area contributed by atoms with Crippen molar-refractivity contribution >= 4 is 33.4 Å². The van der Waals surface area contributed by atoms with Crippen molar-refractivity contribution in [1.29, 1.82) is 0 Å². The van der Waals surface area contributed by atoms with Crippen LogP contribution in [0.4, 0.5) is 10.5 Å². The maximum Gasteiger partial charge on any atom is 0.347 e. The van der Waals surface area contributed by atoms with Gasteiger partial charge in [-0.2, -0.15) is 0 Å². The average Bonchev–Trinajstić information content (AvgIpc) is 2.36. The zero-order chi connectivity index (χ0) is 16.5. The highest BCUT2D eigenvalue weighted by atomic mass is 32.2. The number of carbonyl (C=O) groups excluding carboxylic acids is 2. The topological polar surface area (TPSA) is 114 Å². The number of sulfonamides is 1. The Kier molecular flexibility index (Phi) is 4.18. The number of ether oxygens (including phenoxy) is 1.